The lowest BCUT2D eigenvalue weighted by molar-refractivity contribution is 0.818. The zero-order valence-electron chi connectivity index (χ0n) is 14.2. The highest BCUT2D eigenvalue weighted by molar-refractivity contribution is 5.79. The molecular weight excluding hydrogens is 312 g/mol. The van der Waals surface area contributed by atoms with Crippen LogP contribution >= 0.6 is 0 Å². The summed E-state index contributed by atoms with van der Waals surface area (Å²) in [6.07, 6.45) is 6.56. The lowest BCUT2D eigenvalue weighted by Gasteiger charge is -2.12. The lowest BCUT2D eigenvalue weighted by Crippen LogP contribution is -2.08. The summed E-state index contributed by atoms with van der Waals surface area (Å²) in [5.74, 6) is 0.845. The minimum Gasteiger partial charge on any atom is -0.362 e. The molecule has 0 radical (unpaired) electrons. The van der Waals surface area contributed by atoms with Gasteiger partial charge in [-0.1, -0.05) is 6.07 Å². The van der Waals surface area contributed by atoms with Gasteiger partial charge in [-0.25, -0.2) is 9.97 Å². The highest BCUT2D eigenvalue weighted by Crippen LogP contribution is 2.21. The Hall–Kier alpha value is -3.15. The summed E-state index contributed by atoms with van der Waals surface area (Å²) >= 11 is 0. The molecule has 0 spiro atoms. The molecule has 126 valence electrons. The molecule has 0 aliphatic carbocycles. The Kier molecular flexibility index (Phi) is 3.93. The number of anilines is 1. The number of hydrogen-bond acceptors (Lipinski definition) is 4. The van der Waals surface area contributed by atoms with Gasteiger partial charge in [0.25, 0.3) is 0 Å². The molecule has 0 amide bonds. The third kappa shape index (κ3) is 3.24. The van der Waals surface area contributed by atoms with Crippen LogP contribution in [-0.2, 0) is 6.42 Å². The summed E-state index contributed by atoms with van der Waals surface area (Å²) in [6, 6.07) is 10.3. The van der Waals surface area contributed by atoms with Crippen LogP contribution in [0.3, 0.4) is 0 Å². The first-order valence-electron chi connectivity index (χ1n) is 8.33. The van der Waals surface area contributed by atoms with Gasteiger partial charge in [-0.05, 0) is 49.2 Å². The van der Waals surface area contributed by atoms with E-state index in [4.69, 9.17) is 0 Å². The van der Waals surface area contributed by atoms with Crippen LogP contribution in [-0.4, -0.2) is 25.1 Å². The van der Waals surface area contributed by atoms with Crippen LogP contribution in [0.4, 0.5) is 5.82 Å². The molecular formula is C19H20N6. The van der Waals surface area contributed by atoms with Gasteiger partial charge in [0, 0.05) is 36.1 Å². The number of fused-ring (bicyclic) bond motifs is 1. The second kappa shape index (κ2) is 6.39. The van der Waals surface area contributed by atoms with Crippen LogP contribution in [0, 0.1) is 6.92 Å². The fourth-order valence-corrected chi connectivity index (χ4v) is 2.95. The van der Waals surface area contributed by atoms with E-state index >= 15 is 0 Å². The fourth-order valence-electron chi connectivity index (χ4n) is 2.95. The van der Waals surface area contributed by atoms with Gasteiger partial charge < -0.3 is 10.3 Å². The minimum atomic E-state index is 0.1000. The summed E-state index contributed by atoms with van der Waals surface area (Å²) in [4.78, 5) is 12.1. The zero-order chi connectivity index (χ0) is 17.2. The third-order valence-corrected chi connectivity index (χ3v) is 4.29. The van der Waals surface area contributed by atoms with Gasteiger partial charge in [0.2, 0.25) is 0 Å². The normalized spacial score (nSPS) is 12.4. The van der Waals surface area contributed by atoms with Crippen molar-refractivity contribution in [2.75, 3.05) is 5.32 Å². The first-order valence-corrected chi connectivity index (χ1v) is 8.33. The number of aromatic amines is 2. The van der Waals surface area contributed by atoms with Crippen molar-refractivity contribution in [1.82, 2.24) is 25.1 Å². The van der Waals surface area contributed by atoms with Gasteiger partial charge in [0.15, 0.2) is 0 Å². The summed E-state index contributed by atoms with van der Waals surface area (Å²) in [5, 5.41) is 11.8. The molecule has 6 heteroatoms. The minimum absolute atomic E-state index is 0.1000. The van der Waals surface area contributed by atoms with Crippen LogP contribution in [0.25, 0.3) is 11.0 Å². The smallest absolute Gasteiger partial charge is 0.137 e. The van der Waals surface area contributed by atoms with Crippen molar-refractivity contribution >= 4 is 16.9 Å². The summed E-state index contributed by atoms with van der Waals surface area (Å²) in [7, 11) is 0. The van der Waals surface area contributed by atoms with Crippen molar-refractivity contribution in [3.8, 4) is 0 Å². The molecule has 4 heterocycles. The van der Waals surface area contributed by atoms with E-state index in [0.717, 1.165) is 34.7 Å². The molecule has 0 saturated carbocycles. The predicted molar refractivity (Wildman–Crippen MR) is 98.5 cm³/mol. The quantitative estimate of drug-likeness (QED) is 0.520. The van der Waals surface area contributed by atoms with Crippen molar-refractivity contribution in [2.45, 2.75) is 26.3 Å². The Bertz CT molecular complexity index is 983. The maximum absolute atomic E-state index is 4.54. The number of aromatic nitrogens is 5. The number of nitrogens with one attached hydrogen (secondary N) is 3. The fraction of sp³-hybridized carbons (Fsp3) is 0.211. The Morgan fingerprint density at radius 3 is 2.88 bits per heavy atom. The summed E-state index contributed by atoms with van der Waals surface area (Å²) in [5.41, 5.74) is 5.35. The Labute approximate surface area is 145 Å². The van der Waals surface area contributed by atoms with E-state index in [1.807, 2.05) is 37.5 Å². The second-order valence-electron chi connectivity index (χ2n) is 6.28. The zero-order valence-corrected chi connectivity index (χ0v) is 14.2. The van der Waals surface area contributed by atoms with Crippen LogP contribution in [0.5, 0.6) is 0 Å². The van der Waals surface area contributed by atoms with Crippen molar-refractivity contribution in [3.05, 3.63) is 71.4 Å². The molecule has 0 bridgehead atoms. The van der Waals surface area contributed by atoms with E-state index < -0.39 is 0 Å². The van der Waals surface area contributed by atoms with E-state index in [-0.39, 0.29) is 6.04 Å². The second-order valence-corrected chi connectivity index (χ2v) is 6.28. The molecule has 0 saturated heterocycles. The monoisotopic (exact) mass is 332 g/mol. The third-order valence-electron chi connectivity index (χ3n) is 4.29. The van der Waals surface area contributed by atoms with E-state index in [0.29, 0.717) is 0 Å². The van der Waals surface area contributed by atoms with Gasteiger partial charge in [-0.15, -0.1) is 0 Å². The van der Waals surface area contributed by atoms with Gasteiger partial charge in [-0.3, -0.25) is 5.10 Å². The van der Waals surface area contributed by atoms with Crippen LogP contribution in [0.2, 0.25) is 0 Å². The number of pyridine rings is 2. The Morgan fingerprint density at radius 2 is 2.12 bits per heavy atom. The highest BCUT2D eigenvalue weighted by Gasteiger charge is 2.10. The molecule has 0 fully saturated rings. The van der Waals surface area contributed by atoms with Gasteiger partial charge in [-0.2, -0.15) is 5.10 Å². The van der Waals surface area contributed by atoms with Crippen LogP contribution in [0.1, 0.15) is 35.5 Å². The van der Waals surface area contributed by atoms with Gasteiger partial charge >= 0.3 is 0 Å². The van der Waals surface area contributed by atoms with E-state index in [1.54, 1.807) is 6.20 Å². The molecule has 25 heavy (non-hydrogen) atoms. The van der Waals surface area contributed by atoms with Crippen LogP contribution in [0.15, 0.2) is 48.9 Å². The molecule has 0 aliphatic rings. The topological polar surface area (TPSA) is 82.3 Å². The molecule has 4 aromatic rings. The van der Waals surface area contributed by atoms with Crippen LogP contribution < -0.4 is 5.32 Å². The molecule has 4 aromatic heterocycles. The number of aryl methyl sites for hydroxylation is 1. The summed E-state index contributed by atoms with van der Waals surface area (Å²) < 4.78 is 0. The van der Waals surface area contributed by atoms with Crippen molar-refractivity contribution in [2.24, 2.45) is 0 Å². The van der Waals surface area contributed by atoms with E-state index in [9.17, 15) is 0 Å². The molecule has 1 unspecified atom stereocenters. The standard InChI is InChI=1S/C19H20N6/c1-12-8-17(25-24-12)13(2)23-18-6-5-14(10-21-18)9-15-11-22-19-16(15)4-3-7-20-19/h3-8,10-11,13H,9H2,1-2H3,(H,20,22)(H,21,23)(H,24,25). The molecule has 0 aliphatic heterocycles. The molecule has 3 N–H and O–H groups in total. The maximum atomic E-state index is 4.54. The number of nitrogens with zero attached hydrogens (tertiary/aromatic N) is 3. The largest absolute Gasteiger partial charge is 0.362 e. The SMILES string of the molecule is Cc1cc(C(C)Nc2ccc(Cc3c[nH]c4ncccc34)cn2)n[nH]1. The maximum Gasteiger partial charge on any atom is 0.137 e. The predicted octanol–water partition coefficient (Wildman–Crippen LogP) is 3.75. The number of H-pyrrole nitrogens is 2. The molecule has 6 nitrogen and oxygen atoms in total. The number of hydrogen-bond donors (Lipinski definition) is 3. The first-order chi connectivity index (χ1) is 12.2. The van der Waals surface area contributed by atoms with Crippen molar-refractivity contribution in [1.29, 1.82) is 0 Å². The van der Waals surface area contributed by atoms with Gasteiger partial charge in [0.05, 0.1) is 11.7 Å². The molecule has 0 aromatic carbocycles. The van der Waals surface area contributed by atoms with E-state index in [1.165, 1.54) is 11.1 Å². The Morgan fingerprint density at radius 1 is 1.20 bits per heavy atom. The van der Waals surface area contributed by atoms with E-state index in [2.05, 4.69) is 49.5 Å². The summed E-state index contributed by atoms with van der Waals surface area (Å²) in [6.45, 7) is 4.07. The molecule has 1 atom stereocenters. The van der Waals surface area contributed by atoms with Crippen molar-refractivity contribution < 1.29 is 0 Å². The average molecular weight is 332 g/mol. The number of rotatable bonds is 5. The molecule has 4 rings (SSSR count). The van der Waals surface area contributed by atoms with Crippen molar-refractivity contribution in [3.63, 3.8) is 0 Å². The first kappa shape index (κ1) is 15.4. The average Bonchev–Trinajstić information content (AvgIpc) is 3.24. The van der Waals surface area contributed by atoms with Gasteiger partial charge in [0.1, 0.15) is 11.5 Å². The Balaban J connectivity index is 1.46. The lowest BCUT2D eigenvalue weighted by atomic mass is 10.1. The highest BCUT2D eigenvalue weighted by atomic mass is 15.1.